The third kappa shape index (κ3) is 1.75. The molecule has 0 aromatic rings. The van der Waals surface area contributed by atoms with Crippen LogP contribution in [-0.2, 0) is 4.74 Å². The van der Waals surface area contributed by atoms with Crippen LogP contribution in [0, 0.1) is 0 Å². The fraction of sp³-hybridized carbons (Fsp3) is 1.00. The lowest BCUT2D eigenvalue weighted by molar-refractivity contribution is 0.0773. The van der Waals surface area contributed by atoms with Crippen molar-refractivity contribution >= 4 is 15.9 Å². The third-order valence-corrected chi connectivity index (χ3v) is 2.02. The third-order valence-electron chi connectivity index (χ3n) is 1.39. The Hall–Kier alpha value is 0.440. The Morgan fingerprint density at radius 1 is 1.62 bits per heavy atom. The van der Waals surface area contributed by atoms with E-state index in [4.69, 9.17) is 4.74 Å². The molecular weight excluding hydrogens is 168 g/mol. The van der Waals surface area contributed by atoms with Gasteiger partial charge in [-0.2, -0.15) is 0 Å². The van der Waals surface area contributed by atoms with E-state index < -0.39 is 0 Å². The normalized spacial score (nSPS) is 39.8. The van der Waals surface area contributed by atoms with E-state index in [1.165, 1.54) is 12.8 Å². The number of hydrogen-bond acceptors (Lipinski definition) is 1. The van der Waals surface area contributed by atoms with E-state index >= 15 is 0 Å². The Balaban J connectivity index is 2.33. The smallest absolute Gasteiger partial charge is 0.0616 e. The van der Waals surface area contributed by atoms with Crippen molar-refractivity contribution in [2.24, 2.45) is 0 Å². The zero-order valence-electron chi connectivity index (χ0n) is 5.11. The Labute approximate surface area is 58.5 Å². The van der Waals surface area contributed by atoms with Gasteiger partial charge in [-0.05, 0) is 19.8 Å². The standard InChI is InChI=1S/C6H11BrO/c1-6(7)3-2-4-8-5-6/h2-5H2,1H3. The average Bonchev–Trinajstić information content (AvgIpc) is 1.65. The maximum absolute atomic E-state index is 5.24. The van der Waals surface area contributed by atoms with Crippen LogP contribution in [0.15, 0.2) is 0 Å². The molecule has 0 aromatic heterocycles. The van der Waals surface area contributed by atoms with Crippen LogP contribution < -0.4 is 0 Å². The van der Waals surface area contributed by atoms with Crippen molar-refractivity contribution in [2.45, 2.75) is 24.1 Å². The van der Waals surface area contributed by atoms with Gasteiger partial charge in [-0.3, -0.25) is 0 Å². The Bertz CT molecular complexity index is 72.6. The summed E-state index contributed by atoms with van der Waals surface area (Å²) in [7, 11) is 0. The van der Waals surface area contributed by atoms with Gasteiger partial charge in [0.2, 0.25) is 0 Å². The van der Waals surface area contributed by atoms with Crippen LogP contribution >= 0.6 is 15.9 Å². The predicted octanol–water partition coefficient (Wildman–Crippen LogP) is 1.95. The lowest BCUT2D eigenvalue weighted by atomic mass is 10.1. The first-order valence-corrected chi connectivity index (χ1v) is 3.77. The minimum absolute atomic E-state index is 0.269. The number of alkyl halides is 1. The monoisotopic (exact) mass is 178 g/mol. The van der Waals surface area contributed by atoms with E-state index in [0.29, 0.717) is 0 Å². The molecule has 0 spiro atoms. The highest BCUT2D eigenvalue weighted by Gasteiger charge is 2.23. The SMILES string of the molecule is CC1(Br)CCCOC1. The molecule has 0 aromatic carbocycles. The molecule has 0 N–H and O–H groups in total. The minimum Gasteiger partial charge on any atom is -0.380 e. The molecular formula is C6H11BrO. The highest BCUT2D eigenvalue weighted by Crippen LogP contribution is 2.26. The first-order chi connectivity index (χ1) is 3.71. The van der Waals surface area contributed by atoms with E-state index in [9.17, 15) is 0 Å². The Morgan fingerprint density at radius 2 is 2.38 bits per heavy atom. The van der Waals surface area contributed by atoms with Crippen LogP contribution in [0.3, 0.4) is 0 Å². The maximum Gasteiger partial charge on any atom is 0.0616 e. The van der Waals surface area contributed by atoms with Gasteiger partial charge < -0.3 is 4.74 Å². The van der Waals surface area contributed by atoms with Gasteiger partial charge in [-0.1, -0.05) is 15.9 Å². The second kappa shape index (κ2) is 2.36. The van der Waals surface area contributed by atoms with Gasteiger partial charge in [0.15, 0.2) is 0 Å². The van der Waals surface area contributed by atoms with Crippen LogP contribution in [0.25, 0.3) is 0 Å². The molecule has 48 valence electrons. The van der Waals surface area contributed by atoms with E-state index in [1.807, 2.05) is 0 Å². The molecule has 2 heteroatoms. The molecule has 8 heavy (non-hydrogen) atoms. The van der Waals surface area contributed by atoms with Gasteiger partial charge in [0.05, 0.1) is 6.61 Å². The first-order valence-electron chi connectivity index (χ1n) is 2.97. The van der Waals surface area contributed by atoms with E-state index in [1.54, 1.807) is 0 Å². The summed E-state index contributed by atoms with van der Waals surface area (Å²) in [6.45, 7) is 3.99. The number of halogens is 1. The first kappa shape index (κ1) is 6.56. The zero-order chi connectivity index (χ0) is 6.04. The van der Waals surface area contributed by atoms with Crippen molar-refractivity contribution in [3.63, 3.8) is 0 Å². The van der Waals surface area contributed by atoms with Crippen LogP contribution in [0.1, 0.15) is 19.8 Å². The lowest BCUT2D eigenvalue weighted by Crippen LogP contribution is -2.28. The van der Waals surface area contributed by atoms with Crippen LogP contribution in [-0.4, -0.2) is 17.5 Å². The maximum atomic E-state index is 5.24. The summed E-state index contributed by atoms with van der Waals surface area (Å²) in [5, 5.41) is 0. The fourth-order valence-corrected chi connectivity index (χ4v) is 1.34. The molecule has 0 bridgehead atoms. The fourth-order valence-electron chi connectivity index (χ4n) is 0.900. The second-order valence-electron chi connectivity index (χ2n) is 2.57. The highest BCUT2D eigenvalue weighted by atomic mass is 79.9. The Morgan fingerprint density at radius 3 is 2.62 bits per heavy atom. The zero-order valence-corrected chi connectivity index (χ0v) is 6.70. The predicted molar refractivity (Wildman–Crippen MR) is 37.4 cm³/mol. The van der Waals surface area contributed by atoms with E-state index in [-0.39, 0.29) is 4.32 Å². The topological polar surface area (TPSA) is 9.23 Å². The Kier molecular flexibility index (Phi) is 1.93. The van der Waals surface area contributed by atoms with Gasteiger partial charge >= 0.3 is 0 Å². The number of rotatable bonds is 0. The molecule has 1 nitrogen and oxygen atoms in total. The average molecular weight is 179 g/mol. The summed E-state index contributed by atoms with van der Waals surface area (Å²) in [6.07, 6.45) is 2.44. The largest absolute Gasteiger partial charge is 0.380 e. The highest BCUT2D eigenvalue weighted by molar-refractivity contribution is 9.10. The molecule has 0 radical (unpaired) electrons. The summed E-state index contributed by atoms with van der Waals surface area (Å²) >= 11 is 3.57. The van der Waals surface area contributed by atoms with Crippen molar-refractivity contribution in [3.8, 4) is 0 Å². The number of ether oxygens (including phenoxy) is 1. The van der Waals surface area contributed by atoms with Crippen LogP contribution in [0.2, 0.25) is 0 Å². The summed E-state index contributed by atoms with van der Waals surface area (Å²) in [6, 6.07) is 0. The lowest BCUT2D eigenvalue weighted by Gasteiger charge is -2.26. The molecule has 1 heterocycles. The molecule has 1 unspecified atom stereocenters. The summed E-state index contributed by atoms with van der Waals surface area (Å²) < 4.78 is 5.51. The summed E-state index contributed by atoms with van der Waals surface area (Å²) in [5.41, 5.74) is 0. The summed E-state index contributed by atoms with van der Waals surface area (Å²) in [5.74, 6) is 0. The molecule has 1 aliphatic heterocycles. The van der Waals surface area contributed by atoms with Gasteiger partial charge in [-0.15, -0.1) is 0 Å². The molecule has 0 amide bonds. The van der Waals surface area contributed by atoms with Gasteiger partial charge in [-0.25, -0.2) is 0 Å². The molecule has 1 atom stereocenters. The van der Waals surface area contributed by atoms with Crippen molar-refractivity contribution in [3.05, 3.63) is 0 Å². The molecule has 1 rings (SSSR count). The van der Waals surface area contributed by atoms with Crippen molar-refractivity contribution < 1.29 is 4.74 Å². The van der Waals surface area contributed by atoms with Crippen LogP contribution in [0.5, 0.6) is 0 Å². The van der Waals surface area contributed by atoms with E-state index in [0.717, 1.165) is 13.2 Å². The molecule has 1 aliphatic rings. The van der Waals surface area contributed by atoms with Gasteiger partial charge in [0.1, 0.15) is 0 Å². The summed E-state index contributed by atoms with van der Waals surface area (Å²) in [4.78, 5) is 0. The van der Waals surface area contributed by atoms with Crippen molar-refractivity contribution in [2.75, 3.05) is 13.2 Å². The van der Waals surface area contributed by atoms with Crippen molar-refractivity contribution in [1.29, 1.82) is 0 Å². The quantitative estimate of drug-likeness (QED) is 0.516. The second-order valence-corrected chi connectivity index (χ2v) is 4.48. The van der Waals surface area contributed by atoms with Crippen LogP contribution in [0.4, 0.5) is 0 Å². The van der Waals surface area contributed by atoms with E-state index in [2.05, 4.69) is 22.9 Å². The number of hydrogen-bond donors (Lipinski definition) is 0. The van der Waals surface area contributed by atoms with Gasteiger partial charge in [0.25, 0.3) is 0 Å². The molecule has 1 saturated heterocycles. The van der Waals surface area contributed by atoms with Crippen molar-refractivity contribution in [1.82, 2.24) is 0 Å². The molecule has 1 fully saturated rings. The molecule has 0 saturated carbocycles. The minimum atomic E-state index is 0.269. The molecule has 0 aliphatic carbocycles. The van der Waals surface area contributed by atoms with Gasteiger partial charge in [0, 0.05) is 10.9 Å².